The third-order valence-electron chi connectivity index (χ3n) is 2.50. The van der Waals surface area contributed by atoms with E-state index in [0.29, 0.717) is 25.4 Å². The van der Waals surface area contributed by atoms with Crippen LogP contribution in [0.25, 0.3) is 0 Å². The van der Waals surface area contributed by atoms with Crippen LogP contribution >= 0.6 is 0 Å². The topological polar surface area (TPSA) is 27.7 Å². The number of hydrogen-bond acceptors (Lipinski definition) is 3. The Labute approximate surface area is 102 Å². The first-order valence-corrected chi connectivity index (χ1v) is 5.53. The second-order valence-corrected chi connectivity index (χ2v) is 3.88. The summed E-state index contributed by atoms with van der Waals surface area (Å²) < 4.78 is 52.7. The molecule has 1 aromatic carbocycles. The number of halogens is 3. The maximum absolute atomic E-state index is 12.3. The third kappa shape index (κ3) is 3.69. The Morgan fingerprint density at radius 3 is 2.44 bits per heavy atom. The minimum absolute atomic E-state index is 0.201. The predicted octanol–water partition coefficient (Wildman–Crippen LogP) is 2.59. The number of rotatable bonds is 3. The normalized spacial score (nSPS) is 20.9. The molecule has 6 heteroatoms. The molecule has 2 rings (SSSR count). The SMILES string of the molecule is FC(F)(F)c1ccc(COC2COCCO2)cc1. The maximum atomic E-state index is 12.3. The van der Waals surface area contributed by atoms with Crippen molar-refractivity contribution in [1.29, 1.82) is 0 Å². The molecule has 1 atom stereocenters. The van der Waals surface area contributed by atoms with Crippen molar-refractivity contribution in [2.75, 3.05) is 19.8 Å². The fourth-order valence-electron chi connectivity index (χ4n) is 1.54. The van der Waals surface area contributed by atoms with Gasteiger partial charge in [-0.2, -0.15) is 13.2 Å². The summed E-state index contributed by atoms with van der Waals surface area (Å²) in [5, 5.41) is 0. The van der Waals surface area contributed by atoms with Crippen LogP contribution in [0.4, 0.5) is 13.2 Å². The molecule has 0 N–H and O–H groups in total. The van der Waals surface area contributed by atoms with Crippen LogP contribution in [0.5, 0.6) is 0 Å². The van der Waals surface area contributed by atoms with Crippen LogP contribution < -0.4 is 0 Å². The van der Waals surface area contributed by atoms with Gasteiger partial charge >= 0.3 is 6.18 Å². The molecule has 0 radical (unpaired) electrons. The van der Waals surface area contributed by atoms with Gasteiger partial charge in [0.2, 0.25) is 0 Å². The van der Waals surface area contributed by atoms with E-state index in [0.717, 1.165) is 12.1 Å². The molecule has 3 nitrogen and oxygen atoms in total. The van der Waals surface area contributed by atoms with Gasteiger partial charge < -0.3 is 14.2 Å². The monoisotopic (exact) mass is 262 g/mol. The van der Waals surface area contributed by atoms with Gasteiger partial charge in [0.1, 0.15) is 0 Å². The Balaban J connectivity index is 1.86. The van der Waals surface area contributed by atoms with Crippen molar-refractivity contribution < 1.29 is 27.4 Å². The van der Waals surface area contributed by atoms with Crippen molar-refractivity contribution in [3.63, 3.8) is 0 Å². The molecule has 18 heavy (non-hydrogen) atoms. The van der Waals surface area contributed by atoms with Gasteiger partial charge in [-0.05, 0) is 17.7 Å². The molecule has 0 spiro atoms. The van der Waals surface area contributed by atoms with Crippen LogP contribution in [0.15, 0.2) is 24.3 Å². The second-order valence-electron chi connectivity index (χ2n) is 3.88. The van der Waals surface area contributed by atoms with E-state index in [1.54, 1.807) is 0 Å². The van der Waals surface area contributed by atoms with Crippen molar-refractivity contribution in [2.24, 2.45) is 0 Å². The molecule has 0 saturated carbocycles. The highest BCUT2D eigenvalue weighted by molar-refractivity contribution is 5.24. The van der Waals surface area contributed by atoms with Crippen LogP contribution in [-0.4, -0.2) is 26.1 Å². The summed E-state index contributed by atoms with van der Waals surface area (Å²) >= 11 is 0. The van der Waals surface area contributed by atoms with Gasteiger partial charge in [0.05, 0.1) is 32.0 Å². The lowest BCUT2D eigenvalue weighted by atomic mass is 10.1. The van der Waals surface area contributed by atoms with E-state index in [1.807, 2.05) is 0 Å². The molecular weight excluding hydrogens is 249 g/mol. The van der Waals surface area contributed by atoms with Gasteiger partial charge in [-0.1, -0.05) is 12.1 Å². The van der Waals surface area contributed by atoms with E-state index in [-0.39, 0.29) is 6.61 Å². The average Bonchev–Trinajstić information content (AvgIpc) is 2.37. The zero-order valence-electron chi connectivity index (χ0n) is 9.57. The van der Waals surface area contributed by atoms with E-state index >= 15 is 0 Å². The highest BCUT2D eigenvalue weighted by Crippen LogP contribution is 2.29. The second kappa shape index (κ2) is 5.69. The van der Waals surface area contributed by atoms with Gasteiger partial charge in [-0.25, -0.2) is 0 Å². The summed E-state index contributed by atoms with van der Waals surface area (Å²) in [7, 11) is 0. The Morgan fingerprint density at radius 1 is 1.17 bits per heavy atom. The fourth-order valence-corrected chi connectivity index (χ4v) is 1.54. The lowest BCUT2D eigenvalue weighted by Gasteiger charge is -2.23. The lowest BCUT2D eigenvalue weighted by Crippen LogP contribution is -2.30. The molecular formula is C12H13F3O3. The molecule has 1 heterocycles. The average molecular weight is 262 g/mol. The van der Waals surface area contributed by atoms with E-state index in [1.165, 1.54) is 12.1 Å². The van der Waals surface area contributed by atoms with Crippen LogP contribution in [-0.2, 0) is 27.0 Å². The van der Waals surface area contributed by atoms with Crippen molar-refractivity contribution >= 4 is 0 Å². The summed E-state index contributed by atoms with van der Waals surface area (Å²) in [6, 6.07) is 4.87. The Hall–Kier alpha value is -1.11. The summed E-state index contributed by atoms with van der Waals surface area (Å²) in [4.78, 5) is 0. The van der Waals surface area contributed by atoms with Crippen molar-refractivity contribution in [3.05, 3.63) is 35.4 Å². The fraction of sp³-hybridized carbons (Fsp3) is 0.500. The molecule has 0 bridgehead atoms. The van der Waals surface area contributed by atoms with Gasteiger partial charge in [0.25, 0.3) is 0 Å². The maximum Gasteiger partial charge on any atom is 0.416 e. The minimum atomic E-state index is -4.31. The molecule has 0 aromatic heterocycles. The molecule has 100 valence electrons. The molecule has 1 fully saturated rings. The molecule has 1 saturated heterocycles. The minimum Gasteiger partial charge on any atom is -0.374 e. The Bertz CT molecular complexity index is 369. The molecule has 1 unspecified atom stereocenters. The van der Waals surface area contributed by atoms with E-state index < -0.39 is 18.0 Å². The molecule has 0 aliphatic carbocycles. The first-order valence-electron chi connectivity index (χ1n) is 5.53. The standard InChI is InChI=1S/C12H13F3O3/c13-12(14,15)10-3-1-9(2-4-10)7-18-11-8-16-5-6-17-11/h1-4,11H,5-8H2. The van der Waals surface area contributed by atoms with Gasteiger partial charge in [-0.15, -0.1) is 0 Å². The number of benzene rings is 1. The molecule has 1 aliphatic heterocycles. The first kappa shape index (κ1) is 13.3. The number of hydrogen-bond donors (Lipinski definition) is 0. The van der Waals surface area contributed by atoms with Gasteiger partial charge in [0, 0.05) is 0 Å². The van der Waals surface area contributed by atoms with Crippen molar-refractivity contribution in [3.8, 4) is 0 Å². The molecule has 1 aliphatic rings. The van der Waals surface area contributed by atoms with Crippen LogP contribution in [0, 0.1) is 0 Å². The van der Waals surface area contributed by atoms with Crippen LogP contribution in [0.3, 0.4) is 0 Å². The Kier molecular flexibility index (Phi) is 4.21. The molecule has 0 amide bonds. The highest BCUT2D eigenvalue weighted by atomic mass is 19.4. The van der Waals surface area contributed by atoms with Crippen molar-refractivity contribution in [2.45, 2.75) is 19.1 Å². The van der Waals surface area contributed by atoms with Crippen LogP contribution in [0.1, 0.15) is 11.1 Å². The van der Waals surface area contributed by atoms with Gasteiger partial charge in [0.15, 0.2) is 6.29 Å². The first-order chi connectivity index (χ1) is 8.55. The summed E-state index contributed by atoms with van der Waals surface area (Å²) in [5.74, 6) is 0. The van der Waals surface area contributed by atoms with E-state index in [4.69, 9.17) is 14.2 Å². The summed E-state index contributed by atoms with van der Waals surface area (Å²) in [5.41, 5.74) is 0.000623. The van der Waals surface area contributed by atoms with Gasteiger partial charge in [-0.3, -0.25) is 0 Å². The smallest absolute Gasteiger partial charge is 0.374 e. The summed E-state index contributed by atoms with van der Waals surface area (Å²) in [6.45, 7) is 1.56. The summed E-state index contributed by atoms with van der Waals surface area (Å²) in [6.07, 6.45) is -4.75. The number of ether oxygens (including phenoxy) is 3. The van der Waals surface area contributed by atoms with Crippen LogP contribution in [0.2, 0.25) is 0 Å². The zero-order chi connectivity index (χ0) is 13.0. The largest absolute Gasteiger partial charge is 0.416 e. The third-order valence-corrected chi connectivity index (χ3v) is 2.50. The van der Waals surface area contributed by atoms with E-state index in [9.17, 15) is 13.2 Å². The number of alkyl halides is 3. The highest BCUT2D eigenvalue weighted by Gasteiger charge is 2.29. The lowest BCUT2D eigenvalue weighted by molar-refractivity contribution is -0.216. The van der Waals surface area contributed by atoms with E-state index in [2.05, 4.69) is 0 Å². The quantitative estimate of drug-likeness (QED) is 0.838. The van der Waals surface area contributed by atoms with Crippen molar-refractivity contribution in [1.82, 2.24) is 0 Å². The predicted molar refractivity (Wildman–Crippen MR) is 56.8 cm³/mol. The zero-order valence-corrected chi connectivity index (χ0v) is 9.57. The Morgan fingerprint density at radius 2 is 1.89 bits per heavy atom. The molecule has 1 aromatic rings.